The smallest absolute Gasteiger partial charge is 0.265 e. The predicted molar refractivity (Wildman–Crippen MR) is 83.5 cm³/mol. The van der Waals surface area contributed by atoms with Crippen LogP contribution in [0.25, 0.3) is 0 Å². The van der Waals surface area contributed by atoms with Crippen molar-refractivity contribution >= 4 is 23.2 Å². The van der Waals surface area contributed by atoms with Crippen molar-refractivity contribution in [2.75, 3.05) is 10.6 Å². The summed E-state index contributed by atoms with van der Waals surface area (Å²) >= 11 is 0. The lowest BCUT2D eigenvalue weighted by Gasteiger charge is -2.23. The van der Waals surface area contributed by atoms with Gasteiger partial charge in [0.25, 0.3) is 5.91 Å². The summed E-state index contributed by atoms with van der Waals surface area (Å²) in [7, 11) is 0. The van der Waals surface area contributed by atoms with E-state index in [-0.39, 0.29) is 18.2 Å². The summed E-state index contributed by atoms with van der Waals surface area (Å²) in [5, 5.41) is 9.37. The average Bonchev–Trinajstić information content (AvgIpc) is 2.80. The van der Waals surface area contributed by atoms with Gasteiger partial charge in [0, 0.05) is 11.3 Å². The Hall–Kier alpha value is -2.83. The molecule has 0 saturated heterocycles. The Balaban J connectivity index is 1.72. The molecule has 2 N–H and O–H groups in total. The summed E-state index contributed by atoms with van der Waals surface area (Å²) in [4.78, 5) is 23.8. The fourth-order valence-electron chi connectivity index (χ4n) is 2.41. The van der Waals surface area contributed by atoms with E-state index in [2.05, 4.69) is 15.8 Å². The summed E-state index contributed by atoms with van der Waals surface area (Å²) in [5.74, 6) is 0.825. The van der Waals surface area contributed by atoms with Crippen molar-refractivity contribution in [3.8, 4) is 5.75 Å². The second-order valence-electron chi connectivity index (χ2n) is 5.49. The second-order valence-corrected chi connectivity index (χ2v) is 5.49. The number of benzene rings is 1. The van der Waals surface area contributed by atoms with Gasteiger partial charge in [0.1, 0.15) is 11.5 Å². The van der Waals surface area contributed by atoms with E-state index in [1.807, 2.05) is 0 Å². The van der Waals surface area contributed by atoms with Gasteiger partial charge in [-0.25, -0.2) is 0 Å². The van der Waals surface area contributed by atoms with Crippen LogP contribution in [0.5, 0.6) is 5.75 Å². The zero-order valence-electron chi connectivity index (χ0n) is 13.1. The van der Waals surface area contributed by atoms with Crippen molar-refractivity contribution in [3.05, 3.63) is 35.2 Å². The second kappa shape index (κ2) is 5.75. The number of fused-ring (bicyclic) bond motifs is 1. The lowest BCUT2D eigenvalue weighted by Crippen LogP contribution is -2.34. The van der Waals surface area contributed by atoms with E-state index in [1.54, 1.807) is 39.0 Å². The lowest BCUT2D eigenvalue weighted by atomic mass is 10.1. The quantitative estimate of drug-likeness (QED) is 0.905. The van der Waals surface area contributed by atoms with Gasteiger partial charge in [-0.05, 0) is 39.0 Å². The molecule has 3 rings (SSSR count). The van der Waals surface area contributed by atoms with Gasteiger partial charge in [-0.3, -0.25) is 9.59 Å². The van der Waals surface area contributed by atoms with E-state index in [9.17, 15) is 9.59 Å². The molecule has 0 fully saturated rings. The molecular weight excluding hydrogens is 298 g/mol. The largest absolute Gasteiger partial charge is 0.479 e. The van der Waals surface area contributed by atoms with Crippen molar-refractivity contribution < 1.29 is 18.8 Å². The maximum Gasteiger partial charge on any atom is 0.265 e. The summed E-state index contributed by atoms with van der Waals surface area (Å²) < 4.78 is 10.5. The Morgan fingerprint density at radius 1 is 1.39 bits per heavy atom. The normalized spacial score (nSPS) is 16.3. The van der Waals surface area contributed by atoms with Crippen LogP contribution in [0.2, 0.25) is 0 Å². The van der Waals surface area contributed by atoms with Gasteiger partial charge >= 0.3 is 0 Å². The first-order chi connectivity index (χ1) is 10.9. The Morgan fingerprint density at radius 3 is 2.87 bits per heavy atom. The number of carbonyl (C=O) groups is 2. The number of hydrogen-bond acceptors (Lipinski definition) is 5. The summed E-state index contributed by atoms with van der Waals surface area (Å²) in [6, 6.07) is 5.12. The van der Waals surface area contributed by atoms with Crippen LogP contribution in [0, 0.1) is 13.8 Å². The highest BCUT2D eigenvalue weighted by Crippen LogP contribution is 2.32. The van der Waals surface area contributed by atoms with Gasteiger partial charge in [0.05, 0.1) is 17.8 Å². The van der Waals surface area contributed by atoms with Crippen molar-refractivity contribution in [1.29, 1.82) is 0 Å². The fourth-order valence-corrected chi connectivity index (χ4v) is 2.41. The fraction of sp³-hybridized carbons (Fsp3) is 0.312. The molecular formula is C16H17N3O4. The predicted octanol–water partition coefficient (Wildman–Crippen LogP) is 2.19. The molecule has 1 aliphatic rings. The Morgan fingerprint density at radius 2 is 2.17 bits per heavy atom. The van der Waals surface area contributed by atoms with E-state index in [1.165, 1.54) is 0 Å². The van der Waals surface area contributed by atoms with Gasteiger partial charge < -0.3 is 19.9 Å². The molecule has 1 aliphatic heterocycles. The molecule has 0 spiro atoms. The highest BCUT2D eigenvalue weighted by atomic mass is 16.5. The molecule has 0 saturated carbocycles. The molecule has 0 bridgehead atoms. The molecule has 2 heterocycles. The van der Waals surface area contributed by atoms with E-state index < -0.39 is 6.10 Å². The van der Waals surface area contributed by atoms with Crippen LogP contribution in [0.1, 0.15) is 23.9 Å². The summed E-state index contributed by atoms with van der Waals surface area (Å²) in [6.45, 7) is 5.25. The molecule has 7 heteroatoms. The number of hydrogen-bond donors (Lipinski definition) is 2. The zero-order valence-corrected chi connectivity index (χ0v) is 13.1. The minimum Gasteiger partial charge on any atom is -0.479 e. The van der Waals surface area contributed by atoms with Crippen LogP contribution in [-0.4, -0.2) is 23.1 Å². The number of nitrogens with one attached hydrogen (secondary N) is 2. The molecule has 0 unspecified atom stereocenters. The monoisotopic (exact) mass is 315 g/mol. The highest BCUT2D eigenvalue weighted by Gasteiger charge is 2.23. The topological polar surface area (TPSA) is 93.5 Å². The number of nitrogens with zero attached hydrogens (tertiary/aromatic N) is 1. The number of anilines is 2. The number of rotatable bonds is 3. The molecule has 1 aromatic heterocycles. The van der Waals surface area contributed by atoms with Crippen LogP contribution >= 0.6 is 0 Å². The van der Waals surface area contributed by atoms with E-state index in [0.717, 1.165) is 5.56 Å². The van der Waals surface area contributed by atoms with Crippen molar-refractivity contribution in [1.82, 2.24) is 5.16 Å². The highest BCUT2D eigenvalue weighted by molar-refractivity contribution is 5.99. The van der Waals surface area contributed by atoms with Gasteiger partial charge in [-0.2, -0.15) is 0 Å². The third kappa shape index (κ3) is 3.03. The van der Waals surface area contributed by atoms with Crippen molar-refractivity contribution in [3.63, 3.8) is 0 Å². The maximum absolute atomic E-state index is 12.2. The maximum atomic E-state index is 12.2. The molecule has 0 radical (unpaired) electrons. The number of amides is 2. The van der Waals surface area contributed by atoms with Gasteiger partial charge in [0.15, 0.2) is 6.10 Å². The molecule has 1 aromatic carbocycles. The number of aromatic nitrogens is 1. The van der Waals surface area contributed by atoms with E-state index in [4.69, 9.17) is 9.26 Å². The first-order valence-electron chi connectivity index (χ1n) is 7.27. The number of aryl methyl sites for hydroxylation is 2. The van der Waals surface area contributed by atoms with Crippen LogP contribution < -0.4 is 15.4 Å². The van der Waals surface area contributed by atoms with Crippen LogP contribution in [-0.2, 0) is 16.0 Å². The van der Waals surface area contributed by atoms with Crippen LogP contribution in [0.15, 0.2) is 22.7 Å². The molecule has 23 heavy (non-hydrogen) atoms. The number of ether oxygens (including phenoxy) is 1. The SMILES string of the molecule is Cc1noc(C)c1CC(=O)Nc1ccc2c(c1)NC(=O)[C@@H](C)O2. The van der Waals surface area contributed by atoms with Gasteiger partial charge in [-0.1, -0.05) is 5.16 Å². The number of carbonyl (C=O) groups excluding carboxylic acids is 2. The van der Waals surface area contributed by atoms with E-state index in [0.29, 0.717) is 28.6 Å². The molecule has 120 valence electrons. The lowest BCUT2D eigenvalue weighted by molar-refractivity contribution is -0.122. The first-order valence-corrected chi connectivity index (χ1v) is 7.27. The minimum atomic E-state index is -0.525. The Labute approximate surface area is 133 Å². The molecule has 2 amide bonds. The third-order valence-corrected chi connectivity index (χ3v) is 3.71. The average molecular weight is 315 g/mol. The molecule has 2 aromatic rings. The Kier molecular flexibility index (Phi) is 3.77. The third-order valence-electron chi connectivity index (χ3n) is 3.71. The van der Waals surface area contributed by atoms with Gasteiger partial charge in [0.2, 0.25) is 5.91 Å². The molecule has 0 aliphatic carbocycles. The molecule has 1 atom stereocenters. The van der Waals surface area contributed by atoms with Crippen molar-refractivity contribution in [2.45, 2.75) is 33.3 Å². The van der Waals surface area contributed by atoms with Crippen molar-refractivity contribution in [2.24, 2.45) is 0 Å². The first kappa shape index (κ1) is 15.1. The zero-order chi connectivity index (χ0) is 16.6. The Bertz CT molecular complexity index is 762. The molecule has 7 nitrogen and oxygen atoms in total. The summed E-state index contributed by atoms with van der Waals surface area (Å²) in [6.07, 6.45) is -0.347. The summed E-state index contributed by atoms with van der Waals surface area (Å²) in [5.41, 5.74) is 2.62. The minimum absolute atomic E-state index is 0.179. The van der Waals surface area contributed by atoms with E-state index >= 15 is 0 Å². The van der Waals surface area contributed by atoms with Crippen LogP contribution in [0.3, 0.4) is 0 Å². The standard InChI is InChI=1S/C16H17N3O4/c1-8-12(9(2)23-19-8)7-15(20)17-11-4-5-14-13(6-11)18-16(21)10(3)22-14/h4-6,10H,7H2,1-3H3,(H,17,20)(H,18,21)/t10-/m1/s1. The van der Waals surface area contributed by atoms with Gasteiger partial charge in [-0.15, -0.1) is 0 Å². The van der Waals surface area contributed by atoms with Crippen LogP contribution in [0.4, 0.5) is 11.4 Å².